The van der Waals surface area contributed by atoms with Gasteiger partial charge in [-0.05, 0) is 42.9 Å². The molecular formula is C16H25N. The molecule has 0 amide bonds. The lowest BCUT2D eigenvalue weighted by Crippen LogP contribution is -2.28. The van der Waals surface area contributed by atoms with Gasteiger partial charge in [-0.25, -0.2) is 0 Å². The van der Waals surface area contributed by atoms with Gasteiger partial charge in [0.15, 0.2) is 0 Å². The summed E-state index contributed by atoms with van der Waals surface area (Å²) in [6, 6.07) is 9.82. The highest BCUT2D eigenvalue weighted by Gasteiger charge is 2.24. The zero-order valence-electron chi connectivity index (χ0n) is 11.4. The van der Waals surface area contributed by atoms with E-state index in [1.165, 1.54) is 36.8 Å². The van der Waals surface area contributed by atoms with Gasteiger partial charge in [0.2, 0.25) is 0 Å². The SMILES string of the molecule is CNC(Cc1ccc(C(C)C)cc1)CC1CC1. The van der Waals surface area contributed by atoms with Crippen LogP contribution in [-0.2, 0) is 6.42 Å². The van der Waals surface area contributed by atoms with E-state index in [2.05, 4.69) is 50.5 Å². The topological polar surface area (TPSA) is 12.0 Å². The summed E-state index contributed by atoms with van der Waals surface area (Å²) in [6.07, 6.45) is 5.42. The van der Waals surface area contributed by atoms with Crippen molar-refractivity contribution in [3.63, 3.8) is 0 Å². The number of hydrogen-bond acceptors (Lipinski definition) is 1. The average molecular weight is 231 g/mol. The van der Waals surface area contributed by atoms with Crippen molar-refractivity contribution in [1.29, 1.82) is 0 Å². The Morgan fingerprint density at radius 1 is 1.18 bits per heavy atom. The van der Waals surface area contributed by atoms with Crippen LogP contribution in [0.4, 0.5) is 0 Å². The van der Waals surface area contributed by atoms with Gasteiger partial charge in [0.1, 0.15) is 0 Å². The molecule has 0 heterocycles. The van der Waals surface area contributed by atoms with Crippen molar-refractivity contribution < 1.29 is 0 Å². The lowest BCUT2D eigenvalue weighted by Gasteiger charge is -2.16. The predicted molar refractivity (Wildman–Crippen MR) is 74.4 cm³/mol. The van der Waals surface area contributed by atoms with E-state index in [-0.39, 0.29) is 0 Å². The molecule has 1 aliphatic carbocycles. The van der Waals surface area contributed by atoms with Crippen LogP contribution in [0.5, 0.6) is 0 Å². The lowest BCUT2D eigenvalue weighted by molar-refractivity contribution is 0.490. The maximum atomic E-state index is 3.46. The van der Waals surface area contributed by atoms with Crippen LogP contribution >= 0.6 is 0 Å². The summed E-state index contributed by atoms with van der Waals surface area (Å²) in [4.78, 5) is 0. The summed E-state index contributed by atoms with van der Waals surface area (Å²) in [6.45, 7) is 4.50. The van der Waals surface area contributed by atoms with Crippen molar-refractivity contribution in [3.05, 3.63) is 35.4 Å². The Bertz CT molecular complexity index is 335. The highest BCUT2D eigenvalue weighted by Crippen LogP contribution is 2.34. The summed E-state index contributed by atoms with van der Waals surface area (Å²) < 4.78 is 0. The molecule has 1 aromatic rings. The van der Waals surface area contributed by atoms with Gasteiger partial charge in [-0.2, -0.15) is 0 Å². The molecule has 0 aromatic heterocycles. The van der Waals surface area contributed by atoms with E-state index in [1.807, 2.05) is 0 Å². The maximum Gasteiger partial charge on any atom is 0.0107 e. The van der Waals surface area contributed by atoms with Gasteiger partial charge in [-0.1, -0.05) is 51.0 Å². The molecule has 0 spiro atoms. The highest BCUT2D eigenvalue weighted by molar-refractivity contribution is 5.25. The Morgan fingerprint density at radius 3 is 2.29 bits per heavy atom. The van der Waals surface area contributed by atoms with Crippen molar-refractivity contribution in [2.45, 2.75) is 51.5 Å². The molecule has 17 heavy (non-hydrogen) atoms. The quantitative estimate of drug-likeness (QED) is 0.786. The second kappa shape index (κ2) is 5.68. The van der Waals surface area contributed by atoms with Gasteiger partial charge in [-0.3, -0.25) is 0 Å². The largest absolute Gasteiger partial charge is 0.317 e. The molecular weight excluding hydrogens is 206 g/mol. The molecule has 0 radical (unpaired) electrons. The molecule has 1 atom stereocenters. The molecule has 1 fully saturated rings. The first-order valence-electron chi connectivity index (χ1n) is 6.95. The second-order valence-corrected chi connectivity index (χ2v) is 5.77. The smallest absolute Gasteiger partial charge is 0.0107 e. The van der Waals surface area contributed by atoms with Crippen molar-refractivity contribution in [3.8, 4) is 0 Å². The minimum Gasteiger partial charge on any atom is -0.317 e. The van der Waals surface area contributed by atoms with Gasteiger partial charge >= 0.3 is 0 Å². The van der Waals surface area contributed by atoms with E-state index in [1.54, 1.807) is 0 Å². The van der Waals surface area contributed by atoms with Crippen molar-refractivity contribution in [1.82, 2.24) is 5.32 Å². The molecule has 0 aliphatic heterocycles. The van der Waals surface area contributed by atoms with Crippen LogP contribution in [0.3, 0.4) is 0 Å². The summed E-state index contributed by atoms with van der Waals surface area (Å²) >= 11 is 0. The maximum absolute atomic E-state index is 3.46. The van der Waals surface area contributed by atoms with Gasteiger partial charge in [0.05, 0.1) is 0 Å². The summed E-state index contributed by atoms with van der Waals surface area (Å²) in [7, 11) is 2.09. The molecule has 1 unspecified atom stereocenters. The summed E-state index contributed by atoms with van der Waals surface area (Å²) in [5.74, 6) is 1.64. The zero-order chi connectivity index (χ0) is 12.3. The van der Waals surface area contributed by atoms with E-state index in [0.717, 1.165) is 5.92 Å². The zero-order valence-corrected chi connectivity index (χ0v) is 11.4. The van der Waals surface area contributed by atoms with Crippen molar-refractivity contribution in [2.75, 3.05) is 7.05 Å². The monoisotopic (exact) mass is 231 g/mol. The predicted octanol–water partition coefficient (Wildman–Crippen LogP) is 3.74. The number of rotatable bonds is 6. The van der Waals surface area contributed by atoms with Crippen LogP contribution in [0.1, 0.15) is 50.2 Å². The van der Waals surface area contributed by atoms with E-state index in [9.17, 15) is 0 Å². The fourth-order valence-corrected chi connectivity index (χ4v) is 2.38. The first-order valence-corrected chi connectivity index (χ1v) is 6.95. The first kappa shape index (κ1) is 12.6. The Kier molecular flexibility index (Phi) is 4.22. The van der Waals surface area contributed by atoms with Crippen LogP contribution in [-0.4, -0.2) is 13.1 Å². The van der Waals surface area contributed by atoms with Crippen LogP contribution in [0, 0.1) is 5.92 Å². The molecule has 1 aliphatic rings. The van der Waals surface area contributed by atoms with E-state index >= 15 is 0 Å². The Labute approximate surface area is 106 Å². The lowest BCUT2D eigenvalue weighted by atomic mass is 9.97. The summed E-state index contributed by atoms with van der Waals surface area (Å²) in [5.41, 5.74) is 2.91. The number of hydrogen-bond donors (Lipinski definition) is 1. The standard InChI is InChI=1S/C16H25N/c1-12(2)15-8-6-14(7-9-15)11-16(17-3)10-13-4-5-13/h6-9,12-13,16-17H,4-5,10-11H2,1-3H3. The summed E-state index contributed by atoms with van der Waals surface area (Å²) in [5, 5.41) is 3.46. The third kappa shape index (κ3) is 3.85. The number of nitrogens with one attached hydrogen (secondary N) is 1. The fraction of sp³-hybridized carbons (Fsp3) is 0.625. The molecule has 1 nitrogen and oxygen atoms in total. The first-order chi connectivity index (χ1) is 8.19. The molecule has 1 aromatic carbocycles. The van der Waals surface area contributed by atoms with Crippen molar-refractivity contribution >= 4 is 0 Å². The van der Waals surface area contributed by atoms with E-state index in [4.69, 9.17) is 0 Å². The number of benzene rings is 1. The van der Waals surface area contributed by atoms with Crippen LogP contribution < -0.4 is 5.32 Å². The molecule has 0 saturated heterocycles. The average Bonchev–Trinajstić information content (AvgIpc) is 3.13. The third-order valence-electron chi connectivity index (χ3n) is 3.85. The van der Waals surface area contributed by atoms with Crippen LogP contribution in [0.15, 0.2) is 24.3 Å². The highest BCUT2D eigenvalue weighted by atomic mass is 14.9. The minimum absolute atomic E-state index is 0.635. The molecule has 94 valence electrons. The van der Waals surface area contributed by atoms with Crippen molar-refractivity contribution in [2.24, 2.45) is 5.92 Å². The van der Waals surface area contributed by atoms with Crippen LogP contribution in [0.25, 0.3) is 0 Å². The Morgan fingerprint density at radius 2 is 1.82 bits per heavy atom. The third-order valence-corrected chi connectivity index (χ3v) is 3.85. The van der Waals surface area contributed by atoms with E-state index in [0.29, 0.717) is 12.0 Å². The van der Waals surface area contributed by atoms with Gasteiger partial charge in [0, 0.05) is 6.04 Å². The molecule has 1 saturated carbocycles. The van der Waals surface area contributed by atoms with E-state index < -0.39 is 0 Å². The Hall–Kier alpha value is -0.820. The van der Waals surface area contributed by atoms with Gasteiger partial charge in [0.25, 0.3) is 0 Å². The molecule has 2 rings (SSSR count). The normalized spacial score (nSPS) is 17.4. The molecule has 1 N–H and O–H groups in total. The Balaban J connectivity index is 1.91. The number of likely N-dealkylation sites (N-methyl/N-ethyl adjacent to an activating group) is 1. The second-order valence-electron chi connectivity index (χ2n) is 5.77. The van der Waals surface area contributed by atoms with Crippen LogP contribution in [0.2, 0.25) is 0 Å². The molecule has 0 bridgehead atoms. The van der Waals surface area contributed by atoms with Gasteiger partial charge in [-0.15, -0.1) is 0 Å². The fourth-order valence-electron chi connectivity index (χ4n) is 2.38. The minimum atomic E-state index is 0.635. The van der Waals surface area contributed by atoms with Gasteiger partial charge < -0.3 is 5.32 Å². The molecule has 1 heteroatoms.